The summed E-state index contributed by atoms with van der Waals surface area (Å²) < 4.78 is 40.6. The van der Waals surface area contributed by atoms with Gasteiger partial charge in [-0.25, -0.2) is 12.8 Å². The minimum Gasteiger partial charge on any atom is -0.351 e. The van der Waals surface area contributed by atoms with Crippen LogP contribution in [-0.2, 0) is 15.4 Å². The molecule has 0 saturated heterocycles. The molecule has 0 spiro atoms. The van der Waals surface area contributed by atoms with Gasteiger partial charge in [0.05, 0.1) is 4.90 Å². The number of amides is 1. The van der Waals surface area contributed by atoms with Crippen LogP contribution in [0.5, 0.6) is 0 Å². The summed E-state index contributed by atoms with van der Waals surface area (Å²) in [5.74, 6) is -0.736. The van der Waals surface area contributed by atoms with E-state index in [-0.39, 0.29) is 28.9 Å². The molecule has 0 saturated carbocycles. The van der Waals surface area contributed by atoms with Crippen LogP contribution in [0.15, 0.2) is 53.4 Å². The van der Waals surface area contributed by atoms with Crippen molar-refractivity contribution in [1.29, 1.82) is 0 Å². The molecular weight excluding hydrogens is 379 g/mol. The molecule has 0 radical (unpaired) electrons. The maximum atomic E-state index is 14.1. The van der Waals surface area contributed by atoms with Crippen LogP contribution in [0.1, 0.15) is 43.6 Å². The van der Waals surface area contributed by atoms with Crippen LogP contribution in [0.25, 0.3) is 0 Å². The van der Waals surface area contributed by atoms with Crippen LogP contribution in [0, 0.1) is 5.82 Å². The third kappa shape index (κ3) is 4.77. The van der Waals surface area contributed by atoms with Crippen LogP contribution < -0.4 is 5.32 Å². The molecule has 2 aromatic rings. The first-order valence-corrected chi connectivity index (χ1v) is 10.5. The van der Waals surface area contributed by atoms with E-state index in [1.807, 2.05) is 13.8 Å². The summed E-state index contributed by atoms with van der Waals surface area (Å²) in [6, 6.07) is 12.2. The van der Waals surface area contributed by atoms with Crippen LogP contribution in [0.2, 0.25) is 0 Å². The molecule has 0 fully saturated rings. The Labute approximate surface area is 166 Å². The first-order valence-electron chi connectivity index (χ1n) is 9.08. The van der Waals surface area contributed by atoms with Crippen molar-refractivity contribution in [3.63, 3.8) is 0 Å². The van der Waals surface area contributed by atoms with Crippen molar-refractivity contribution in [2.45, 2.75) is 44.0 Å². The second-order valence-electron chi connectivity index (χ2n) is 7.69. The van der Waals surface area contributed by atoms with E-state index in [0.717, 1.165) is 0 Å². The van der Waals surface area contributed by atoms with Crippen molar-refractivity contribution < 1.29 is 17.6 Å². The van der Waals surface area contributed by atoms with Gasteiger partial charge >= 0.3 is 0 Å². The van der Waals surface area contributed by atoms with Gasteiger partial charge in [0.25, 0.3) is 5.91 Å². The molecule has 0 unspecified atom stereocenters. The quantitative estimate of drug-likeness (QED) is 0.765. The standard InChI is InChI=1S/C21H27FN2O3S/c1-15(2)24(5)28(26,27)17-10-8-9-16(13-17)20(25)23-14-21(3,4)18-11-6-7-12-19(18)22/h6-13,15H,14H2,1-5H3,(H,23,25). The van der Waals surface area contributed by atoms with Crippen LogP contribution in [0.4, 0.5) is 4.39 Å². The van der Waals surface area contributed by atoms with E-state index >= 15 is 0 Å². The number of halogens is 1. The second kappa shape index (κ2) is 8.41. The molecule has 2 aromatic carbocycles. The summed E-state index contributed by atoms with van der Waals surface area (Å²) in [5.41, 5.74) is 0.121. The lowest BCUT2D eigenvalue weighted by molar-refractivity contribution is 0.0945. The van der Waals surface area contributed by atoms with Crippen LogP contribution >= 0.6 is 0 Å². The van der Waals surface area contributed by atoms with E-state index in [1.54, 1.807) is 38.1 Å². The highest BCUT2D eigenvalue weighted by Crippen LogP contribution is 2.25. The summed E-state index contributed by atoms with van der Waals surface area (Å²) in [6.45, 7) is 7.43. The number of benzene rings is 2. The average Bonchev–Trinajstić information content (AvgIpc) is 2.65. The highest BCUT2D eigenvalue weighted by Gasteiger charge is 2.26. The van der Waals surface area contributed by atoms with Gasteiger partial charge < -0.3 is 5.32 Å². The van der Waals surface area contributed by atoms with Gasteiger partial charge in [0, 0.05) is 30.6 Å². The molecular formula is C21H27FN2O3S. The van der Waals surface area contributed by atoms with Gasteiger partial charge in [-0.05, 0) is 43.7 Å². The molecule has 0 aromatic heterocycles. The molecule has 7 heteroatoms. The summed E-state index contributed by atoms with van der Waals surface area (Å²) in [6.07, 6.45) is 0. The summed E-state index contributed by atoms with van der Waals surface area (Å²) in [7, 11) is -2.18. The molecule has 0 heterocycles. The van der Waals surface area contributed by atoms with E-state index in [2.05, 4.69) is 5.32 Å². The predicted octanol–water partition coefficient (Wildman–Crippen LogP) is 3.56. The Morgan fingerprint density at radius 2 is 1.79 bits per heavy atom. The SMILES string of the molecule is CC(C)N(C)S(=O)(=O)c1cccc(C(=O)NCC(C)(C)c2ccccc2F)c1. The second-order valence-corrected chi connectivity index (χ2v) is 9.69. The Bertz CT molecular complexity index is 956. The molecule has 1 N–H and O–H groups in total. The van der Waals surface area contributed by atoms with Crippen LogP contribution in [-0.4, -0.2) is 38.3 Å². The van der Waals surface area contributed by atoms with E-state index in [9.17, 15) is 17.6 Å². The van der Waals surface area contributed by atoms with Crippen molar-refractivity contribution in [1.82, 2.24) is 9.62 Å². The van der Waals surface area contributed by atoms with Crippen LogP contribution in [0.3, 0.4) is 0 Å². The molecule has 1 amide bonds. The third-order valence-corrected chi connectivity index (χ3v) is 6.82. The Morgan fingerprint density at radius 1 is 1.14 bits per heavy atom. The average molecular weight is 407 g/mol. The summed E-state index contributed by atoms with van der Waals surface area (Å²) in [5, 5.41) is 2.78. The van der Waals surface area contributed by atoms with Gasteiger partial charge in [-0.3, -0.25) is 4.79 Å². The number of carbonyl (C=O) groups excluding carboxylic acids is 1. The highest BCUT2D eigenvalue weighted by molar-refractivity contribution is 7.89. The Morgan fingerprint density at radius 3 is 2.39 bits per heavy atom. The molecule has 5 nitrogen and oxygen atoms in total. The number of rotatable bonds is 7. The monoisotopic (exact) mass is 406 g/mol. The maximum absolute atomic E-state index is 14.1. The zero-order valence-corrected chi connectivity index (χ0v) is 17.7. The first-order chi connectivity index (χ1) is 13.0. The summed E-state index contributed by atoms with van der Waals surface area (Å²) in [4.78, 5) is 12.6. The lowest BCUT2D eigenvalue weighted by atomic mass is 9.84. The smallest absolute Gasteiger partial charge is 0.251 e. The summed E-state index contributed by atoms with van der Waals surface area (Å²) >= 11 is 0. The van der Waals surface area contributed by atoms with E-state index in [4.69, 9.17) is 0 Å². The third-order valence-electron chi connectivity index (χ3n) is 4.79. The number of nitrogens with zero attached hydrogens (tertiary/aromatic N) is 1. The lowest BCUT2D eigenvalue weighted by Gasteiger charge is -2.26. The highest BCUT2D eigenvalue weighted by atomic mass is 32.2. The first kappa shape index (κ1) is 22.0. The fourth-order valence-electron chi connectivity index (χ4n) is 2.75. The normalized spacial score (nSPS) is 12.4. The fourth-order valence-corrected chi connectivity index (χ4v) is 4.16. The predicted molar refractivity (Wildman–Crippen MR) is 108 cm³/mol. The molecule has 0 aliphatic carbocycles. The molecule has 0 bridgehead atoms. The minimum absolute atomic E-state index is 0.0599. The number of hydrogen-bond donors (Lipinski definition) is 1. The van der Waals surface area contributed by atoms with E-state index in [1.165, 1.54) is 35.6 Å². The Hall–Kier alpha value is -2.25. The Balaban J connectivity index is 2.19. The zero-order chi connectivity index (χ0) is 21.1. The zero-order valence-electron chi connectivity index (χ0n) is 16.9. The number of nitrogens with one attached hydrogen (secondary N) is 1. The molecule has 152 valence electrons. The van der Waals surface area contributed by atoms with Gasteiger partial charge in [0.2, 0.25) is 10.0 Å². The molecule has 0 aliphatic heterocycles. The largest absolute Gasteiger partial charge is 0.351 e. The van der Waals surface area contributed by atoms with E-state index in [0.29, 0.717) is 5.56 Å². The minimum atomic E-state index is -3.68. The Kier molecular flexibility index (Phi) is 6.62. The number of carbonyl (C=O) groups is 1. The van der Waals surface area contributed by atoms with Gasteiger partial charge in [-0.1, -0.05) is 38.1 Å². The molecule has 2 rings (SSSR count). The molecule has 0 aliphatic rings. The molecule has 28 heavy (non-hydrogen) atoms. The lowest BCUT2D eigenvalue weighted by Crippen LogP contribution is -2.37. The van der Waals surface area contributed by atoms with Crippen molar-refractivity contribution in [3.05, 3.63) is 65.5 Å². The van der Waals surface area contributed by atoms with Crippen molar-refractivity contribution in [2.75, 3.05) is 13.6 Å². The van der Waals surface area contributed by atoms with Crippen molar-refractivity contribution in [3.8, 4) is 0 Å². The number of sulfonamides is 1. The van der Waals surface area contributed by atoms with Gasteiger partial charge in [0.15, 0.2) is 0 Å². The van der Waals surface area contributed by atoms with E-state index < -0.39 is 21.3 Å². The van der Waals surface area contributed by atoms with Crippen molar-refractivity contribution >= 4 is 15.9 Å². The van der Waals surface area contributed by atoms with Crippen molar-refractivity contribution in [2.24, 2.45) is 0 Å². The maximum Gasteiger partial charge on any atom is 0.251 e. The number of hydrogen-bond acceptors (Lipinski definition) is 3. The topological polar surface area (TPSA) is 66.5 Å². The van der Waals surface area contributed by atoms with Gasteiger partial charge in [-0.15, -0.1) is 0 Å². The van der Waals surface area contributed by atoms with Gasteiger partial charge in [0.1, 0.15) is 5.82 Å². The fraction of sp³-hybridized carbons (Fsp3) is 0.381. The molecule has 0 atom stereocenters. The van der Waals surface area contributed by atoms with Gasteiger partial charge in [-0.2, -0.15) is 4.31 Å².